The van der Waals surface area contributed by atoms with Gasteiger partial charge in [-0.05, 0) is 54.1 Å². The number of hydrogen-bond acceptors (Lipinski definition) is 3. The number of ketones is 1. The van der Waals surface area contributed by atoms with E-state index in [0.717, 1.165) is 8.78 Å². The van der Waals surface area contributed by atoms with Crippen LogP contribution in [0.4, 0.5) is 10.1 Å². The normalized spacial score (nSPS) is 11.3. The zero-order valence-corrected chi connectivity index (χ0v) is 19.3. The van der Waals surface area contributed by atoms with Crippen LogP contribution in [0, 0.1) is 5.82 Å². The van der Waals surface area contributed by atoms with Crippen molar-refractivity contribution in [1.29, 1.82) is 0 Å². The van der Waals surface area contributed by atoms with Crippen molar-refractivity contribution in [3.8, 4) is 0 Å². The molecule has 0 amide bonds. The van der Waals surface area contributed by atoms with Crippen molar-refractivity contribution < 1.29 is 17.6 Å². The Bertz CT molecular complexity index is 1160. The van der Waals surface area contributed by atoms with Crippen LogP contribution in [0.2, 0.25) is 0 Å². The first kappa shape index (κ1) is 21.7. The summed E-state index contributed by atoms with van der Waals surface area (Å²) >= 11 is 6.49. The number of sulfonamides is 1. The molecule has 150 valence electrons. The van der Waals surface area contributed by atoms with Crippen LogP contribution in [-0.4, -0.2) is 21.2 Å². The highest BCUT2D eigenvalue weighted by molar-refractivity contribution is 9.10. The van der Waals surface area contributed by atoms with Crippen LogP contribution in [-0.2, 0) is 16.4 Å². The van der Waals surface area contributed by atoms with E-state index in [0.29, 0.717) is 10.2 Å². The van der Waals surface area contributed by atoms with Gasteiger partial charge in [-0.25, -0.2) is 12.8 Å². The lowest BCUT2D eigenvalue weighted by atomic mass is 10.0. The number of anilines is 1. The van der Waals surface area contributed by atoms with Gasteiger partial charge < -0.3 is 0 Å². The molecule has 3 aromatic rings. The second-order valence-electron chi connectivity index (χ2n) is 6.31. The largest absolute Gasteiger partial charge is 0.294 e. The highest BCUT2D eigenvalue weighted by Gasteiger charge is 2.22. The number of rotatable bonds is 6. The number of nitrogens with zero attached hydrogens (tertiary/aromatic N) is 1. The summed E-state index contributed by atoms with van der Waals surface area (Å²) in [4.78, 5) is 12.6. The first-order valence-corrected chi connectivity index (χ1v) is 11.5. The molecule has 3 rings (SSSR count). The first-order chi connectivity index (χ1) is 13.7. The van der Waals surface area contributed by atoms with Crippen LogP contribution in [0.5, 0.6) is 0 Å². The lowest BCUT2D eigenvalue weighted by Gasteiger charge is -2.20. The Balaban J connectivity index is 1.87. The van der Waals surface area contributed by atoms with Gasteiger partial charge >= 0.3 is 0 Å². The first-order valence-electron chi connectivity index (χ1n) is 8.50. The molecule has 0 unspecified atom stereocenters. The van der Waals surface area contributed by atoms with Crippen molar-refractivity contribution >= 4 is 53.4 Å². The molecule has 0 bridgehead atoms. The predicted molar refractivity (Wildman–Crippen MR) is 118 cm³/mol. The number of hydrogen-bond donors (Lipinski definition) is 0. The summed E-state index contributed by atoms with van der Waals surface area (Å²) in [6.07, 6.45) is -0.162. The van der Waals surface area contributed by atoms with Crippen LogP contribution in [0.1, 0.15) is 15.9 Å². The third kappa shape index (κ3) is 4.94. The fraction of sp³-hybridized carbons (Fsp3) is 0.0952. The van der Waals surface area contributed by atoms with E-state index in [-0.39, 0.29) is 28.2 Å². The maximum atomic E-state index is 14.0. The predicted octanol–water partition coefficient (Wildman–Crippen LogP) is 5.60. The standard InChI is InChI=1S/C21H16Br2FNO3S/c1-25(18-9-7-16(22)8-10-18)29(27,28)19-4-2-3-15(11-19)21(26)12-14-5-6-17(23)13-20(14)24/h2-11,13H,12H2,1H3. The van der Waals surface area contributed by atoms with E-state index < -0.39 is 15.8 Å². The number of Topliss-reactive ketones (excluding diaryl/α,β-unsaturated/α-hetero) is 1. The fourth-order valence-electron chi connectivity index (χ4n) is 2.72. The molecule has 0 aliphatic rings. The van der Waals surface area contributed by atoms with Gasteiger partial charge in [-0.3, -0.25) is 9.10 Å². The van der Waals surface area contributed by atoms with Crippen molar-refractivity contribution in [2.24, 2.45) is 0 Å². The third-order valence-corrected chi connectivity index (χ3v) is 7.17. The minimum Gasteiger partial charge on any atom is -0.294 e. The van der Waals surface area contributed by atoms with Gasteiger partial charge in [0.05, 0.1) is 10.6 Å². The van der Waals surface area contributed by atoms with Crippen molar-refractivity contribution in [3.63, 3.8) is 0 Å². The van der Waals surface area contributed by atoms with Crippen LogP contribution < -0.4 is 4.31 Å². The third-order valence-electron chi connectivity index (χ3n) is 4.37. The van der Waals surface area contributed by atoms with E-state index in [1.54, 1.807) is 30.3 Å². The van der Waals surface area contributed by atoms with Crippen molar-refractivity contribution in [2.75, 3.05) is 11.4 Å². The molecular weight excluding hydrogens is 525 g/mol. The van der Waals surface area contributed by atoms with Crippen LogP contribution in [0.15, 0.2) is 80.6 Å². The molecule has 0 N–H and O–H groups in total. The molecule has 0 aliphatic carbocycles. The van der Waals surface area contributed by atoms with Crippen LogP contribution in [0.25, 0.3) is 0 Å². The molecule has 0 aromatic heterocycles. The monoisotopic (exact) mass is 539 g/mol. The average molecular weight is 541 g/mol. The molecule has 0 saturated carbocycles. The summed E-state index contributed by atoms with van der Waals surface area (Å²) < 4.78 is 42.6. The average Bonchev–Trinajstić information content (AvgIpc) is 2.70. The van der Waals surface area contributed by atoms with Crippen molar-refractivity contribution in [2.45, 2.75) is 11.3 Å². The molecule has 0 fully saturated rings. The van der Waals surface area contributed by atoms with Crippen molar-refractivity contribution in [3.05, 3.63) is 92.6 Å². The Hall–Kier alpha value is -2.03. The minimum absolute atomic E-state index is 0.00922. The van der Waals surface area contributed by atoms with Gasteiger partial charge in [0.2, 0.25) is 0 Å². The molecule has 0 heterocycles. The van der Waals surface area contributed by atoms with Gasteiger partial charge in [0.15, 0.2) is 5.78 Å². The minimum atomic E-state index is -3.86. The smallest absolute Gasteiger partial charge is 0.264 e. The summed E-state index contributed by atoms with van der Waals surface area (Å²) in [5.41, 5.74) is 0.943. The number of carbonyl (C=O) groups excluding carboxylic acids is 1. The quantitative estimate of drug-likeness (QED) is 0.382. The second-order valence-corrected chi connectivity index (χ2v) is 10.1. The summed E-state index contributed by atoms with van der Waals surface area (Å²) in [6, 6.07) is 17.1. The van der Waals surface area contributed by atoms with Gasteiger partial charge in [0, 0.05) is 28.0 Å². The van der Waals surface area contributed by atoms with Gasteiger partial charge in [-0.1, -0.05) is 50.1 Å². The number of benzene rings is 3. The molecule has 0 aliphatic heterocycles. The van der Waals surface area contributed by atoms with E-state index in [2.05, 4.69) is 31.9 Å². The lowest BCUT2D eigenvalue weighted by molar-refractivity contribution is 0.0991. The van der Waals surface area contributed by atoms with Crippen molar-refractivity contribution in [1.82, 2.24) is 0 Å². The number of halogens is 3. The van der Waals surface area contributed by atoms with E-state index in [1.165, 1.54) is 43.4 Å². The van der Waals surface area contributed by atoms with E-state index in [1.807, 2.05) is 0 Å². The molecule has 0 atom stereocenters. The summed E-state index contributed by atoms with van der Waals surface area (Å²) in [6.45, 7) is 0. The Morgan fingerprint density at radius 1 is 0.966 bits per heavy atom. The molecule has 0 radical (unpaired) electrons. The second kappa shape index (κ2) is 8.77. The fourth-order valence-corrected chi connectivity index (χ4v) is 4.56. The molecular formula is C21H16Br2FNO3S. The van der Waals surface area contributed by atoms with Crippen LogP contribution in [0.3, 0.4) is 0 Å². The topological polar surface area (TPSA) is 54.5 Å². The summed E-state index contributed by atoms with van der Waals surface area (Å²) in [5, 5.41) is 0. The highest BCUT2D eigenvalue weighted by atomic mass is 79.9. The van der Waals surface area contributed by atoms with E-state index in [9.17, 15) is 17.6 Å². The van der Waals surface area contributed by atoms with E-state index in [4.69, 9.17) is 0 Å². The lowest BCUT2D eigenvalue weighted by Crippen LogP contribution is -2.26. The maximum absolute atomic E-state index is 14.0. The Labute approximate surface area is 185 Å². The Morgan fingerprint density at radius 2 is 1.62 bits per heavy atom. The number of carbonyl (C=O) groups is 1. The van der Waals surface area contributed by atoms with Gasteiger partial charge in [-0.15, -0.1) is 0 Å². The Morgan fingerprint density at radius 3 is 2.28 bits per heavy atom. The molecule has 4 nitrogen and oxygen atoms in total. The maximum Gasteiger partial charge on any atom is 0.264 e. The molecule has 29 heavy (non-hydrogen) atoms. The van der Waals surface area contributed by atoms with Gasteiger partial charge in [0.1, 0.15) is 5.82 Å². The molecule has 3 aromatic carbocycles. The van der Waals surface area contributed by atoms with Crippen LogP contribution >= 0.6 is 31.9 Å². The Kier molecular flexibility index (Phi) is 6.55. The molecule has 0 spiro atoms. The van der Waals surface area contributed by atoms with E-state index >= 15 is 0 Å². The SMILES string of the molecule is CN(c1ccc(Br)cc1)S(=O)(=O)c1cccc(C(=O)Cc2ccc(Br)cc2F)c1. The zero-order chi connectivity index (χ0) is 21.2. The van der Waals surface area contributed by atoms with Gasteiger partial charge in [0.25, 0.3) is 10.0 Å². The summed E-state index contributed by atoms with van der Waals surface area (Å²) in [7, 11) is -2.41. The summed E-state index contributed by atoms with van der Waals surface area (Å²) in [5.74, 6) is -0.860. The zero-order valence-electron chi connectivity index (χ0n) is 15.3. The molecule has 0 saturated heterocycles. The molecule has 8 heteroatoms. The highest BCUT2D eigenvalue weighted by Crippen LogP contribution is 2.25. The van der Waals surface area contributed by atoms with Gasteiger partial charge in [-0.2, -0.15) is 0 Å².